The second-order valence-corrected chi connectivity index (χ2v) is 4.18. The van der Waals surface area contributed by atoms with E-state index in [1.54, 1.807) is 0 Å². The van der Waals surface area contributed by atoms with Gasteiger partial charge in [-0.25, -0.2) is 0 Å². The highest BCUT2D eigenvalue weighted by molar-refractivity contribution is 5.95. The molecule has 1 saturated heterocycles. The Balaban J connectivity index is 1.89. The largest absolute Gasteiger partial charge is 0.388 e. The third-order valence-corrected chi connectivity index (χ3v) is 2.93. The predicted octanol–water partition coefficient (Wildman–Crippen LogP) is 1.64. The summed E-state index contributed by atoms with van der Waals surface area (Å²) in [6.07, 6.45) is 2.32. The fraction of sp³-hybridized carbons (Fsp3) is 0.462. The van der Waals surface area contributed by atoms with Crippen LogP contribution in [0.5, 0.6) is 0 Å². The van der Waals surface area contributed by atoms with Crippen molar-refractivity contribution in [2.45, 2.75) is 18.9 Å². The number of rotatable bonds is 4. The molecule has 0 bridgehead atoms. The van der Waals surface area contributed by atoms with E-state index in [4.69, 9.17) is 4.74 Å². The van der Waals surface area contributed by atoms with Crippen LogP contribution in [0.3, 0.4) is 0 Å². The molecule has 0 radical (unpaired) electrons. The number of amides is 1. The van der Waals surface area contributed by atoms with Crippen molar-refractivity contribution in [1.82, 2.24) is 5.32 Å². The molecule has 1 amide bonds. The van der Waals surface area contributed by atoms with Gasteiger partial charge in [-0.1, -0.05) is 6.07 Å². The quantitative estimate of drug-likeness (QED) is 0.832. The van der Waals surface area contributed by atoms with Crippen LogP contribution in [0.1, 0.15) is 23.2 Å². The Morgan fingerprint density at radius 3 is 3.12 bits per heavy atom. The number of anilines is 1. The Morgan fingerprint density at radius 2 is 2.41 bits per heavy atom. The van der Waals surface area contributed by atoms with Crippen molar-refractivity contribution in [3.8, 4) is 0 Å². The Morgan fingerprint density at radius 1 is 1.53 bits per heavy atom. The summed E-state index contributed by atoms with van der Waals surface area (Å²) in [6.45, 7) is 1.42. The first-order valence-corrected chi connectivity index (χ1v) is 5.97. The molecule has 1 atom stereocenters. The van der Waals surface area contributed by atoms with Gasteiger partial charge in [0.15, 0.2) is 0 Å². The molecule has 4 nitrogen and oxygen atoms in total. The Hall–Kier alpha value is -1.55. The topological polar surface area (TPSA) is 50.4 Å². The summed E-state index contributed by atoms with van der Waals surface area (Å²) in [5.74, 6) is -0.0439. The molecule has 1 heterocycles. The van der Waals surface area contributed by atoms with Crippen LogP contribution in [0.25, 0.3) is 0 Å². The lowest BCUT2D eigenvalue weighted by Crippen LogP contribution is -2.31. The minimum Gasteiger partial charge on any atom is -0.388 e. The summed E-state index contributed by atoms with van der Waals surface area (Å²) >= 11 is 0. The molecule has 92 valence electrons. The first-order chi connectivity index (χ1) is 8.29. The van der Waals surface area contributed by atoms with Crippen molar-refractivity contribution in [2.75, 3.05) is 25.5 Å². The van der Waals surface area contributed by atoms with E-state index in [2.05, 4.69) is 10.6 Å². The number of benzene rings is 1. The second-order valence-electron chi connectivity index (χ2n) is 4.18. The van der Waals surface area contributed by atoms with E-state index < -0.39 is 0 Å². The maximum atomic E-state index is 11.9. The van der Waals surface area contributed by atoms with Crippen LogP contribution in [-0.4, -0.2) is 32.2 Å². The highest BCUT2D eigenvalue weighted by Crippen LogP contribution is 2.12. The number of carbonyl (C=O) groups is 1. The van der Waals surface area contributed by atoms with E-state index >= 15 is 0 Å². The summed E-state index contributed by atoms with van der Waals surface area (Å²) in [5, 5.41) is 5.92. The zero-order valence-corrected chi connectivity index (χ0v) is 10.0. The van der Waals surface area contributed by atoms with Gasteiger partial charge in [-0.3, -0.25) is 4.79 Å². The number of nitrogens with one attached hydrogen (secondary N) is 2. The van der Waals surface area contributed by atoms with Crippen molar-refractivity contribution < 1.29 is 9.53 Å². The molecule has 0 unspecified atom stereocenters. The Labute approximate surface area is 101 Å². The molecule has 0 spiro atoms. The molecule has 1 aromatic carbocycles. The van der Waals surface area contributed by atoms with Gasteiger partial charge in [0.05, 0.1) is 6.10 Å². The molecule has 0 aromatic heterocycles. The Bertz CT molecular complexity index is 387. The fourth-order valence-corrected chi connectivity index (χ4v) is 1.93. The van der Waals surface area contributed by atoms with Crippen LogP contribution in [0.4, 0.5) is 5.69 Å². The lowest BCUT2D eigenvalue weighted by molar-refractivity contribution is 0.0858. The monoisotopic (exact) mass is 234 g/mol. The van der Waals surface area contributed by atoms with Crippen molar-refractivity contribution in [3.05, 3.63) is 29.8 Å². The van der Waals surface area contributed by atoms with Crippen LogP contribution in [-0.2, 0) is 4.74 Å². The van der Waals surface area contributed by atoms with Gasteiger partial charge in [0.25, 0.3) is 5.91 Å². The summed E-state index contributed by atoms with van der Waals surface area (Å²) in [6, 6.07) is 7.44. The second kappa shape index (κ2) is 5.68. The zero-order valence-electron chi connectivity index (χ0n) is 10.0. The van der Waals surface area contributed by atoms with Crippen molar-refractivity contribution >= 4 is 11.6 Å². The molecule has 1 aliphatic rings. The molecular weight excluding hydrogens is 216 g/mol. The standard InChI is InChI=1S/C13H18N2O2/c1-14-11-5-2-4-10(8-11)13(16)15-9-12-6-3-7-17-12/h2,4-5,8,12,14H,3,6-7,9H2,1H3,(H,15,16)/t12-/m0/s1. The molecule has 1 fully saturated rings. The minimum absolute atomic E-state index is 0.0439. The van der Waals surface area contributed by atoms with Crippen LogP contribution in [0.2, 0.25) is 0 Å². The van der Waals surface area contributed by atoms with Gasteiger partial charge in [0.1, 0.15) is 0 Å². The van der Waals surface area contributed by atoms with Gasteiger partial charge in [0, 0.05) is 31.5 Å². The zero-order chi connectivity index (χ0) is 12.1. The molecular formula is C13H18N2O2. The number of carbonyl (C=O) groups excluding carboxylic acids is 1. The van der Waals surface area contributed by atoms with Gasteiger partial charge in [-0.2, -0.15) is 0 Å². The molecule has 1 aromatic rings. The summed E-state index contributed by atoms with van der Waals surface area (Å²) in [7, 11) is 1.84. The molecule has 1 aliphatic heterocycles. The molecule has 17 heavy (non-hydrogen) atoms. The fourth-order valence-electron chi connectivity index (χ4n) is 1.93. The normalized spacial score (nSPS) is 19.0. The van der Waals surface area contributed by atoms with Gasteiger partial charge in [-0.15, -0.1) is 0 Å². The average molecular weight is 234 g/mol. The lowest BCUT2D eigenvalue weighted by Gasteiger charge is -2.11. The Kier molecular flexibility index (Phi) is 3.98. The van der Waals surface area contributed by atoms with Gasteiger partial charge >= 0.3 is 0 Å². The number of hydrogen-bond acceptors (Lipinski definition) is 3. The van der Waals surface area contributed by atoms with E-state index in [0.29, 0.717) is 12.1 Å². The van der Waals surface area contributed by atoms with Crippen molar-refractivity contribution in [1.29, 1.82) is 0 Å². The number of ether oxygens (including phenoxy) is 1. The lowest BCUT2D eigenvalue weighted by atomic mass is 10.2. The van der Waals surface area contributed by atoms with E-state index in [-0.39, 0.29) is 12.0 Å². The van der Waals surface area contributed by atoms with Gasteiger partial charge in [-0.05, 0) is 31.0 Å². The SMILES string of the molecule is CNc1cccc(C(=O)NC[C@@H]2CCCO2)c1. The molecule has 2 N–H and O–H groups in total. The summed E-state index contributed by atoms with van der Waals surface area (Å²) in [4.78, 5) is 11.9. The van der Waals surface area contributed by atoms with Gasteiger partial charge < -0.3 is 15.4 Å². The maximum Gasteiger partial charge on any atom is 0.251 e. The van der Waals surface area contributed by atoms with E-state index in [1.165, 1.54) is 0 Å². The van der Waals surface area contributed by atoms with Crippen molar-refractivity contribution in [2.24, 2.45) is 0 Å². The smallest absolute Gasteiger partial charge is 0.251 e. The summed E-state index contributed by atoms with van der Waals surface area (Å²) in [5.41, 5.74) is 1.62. The third kappa shape index (κ3) is 3.20. The summed E-state index contributed by atoms with van der Waals surface area (Å²) < 4.78 is 5.46. The maximum absolute atomic E-state index is 11.9. The van der Waals surface area contributed by atoms with Crippen LogP contribution in [0.15, 0.2) is 24.3 Å². The highest BCUT2D eigenvalue weighted by Gasteiger charge is 2.16. The van der Waals surface area contributed by atoms with Crippen LogP contribution >= 0.6 is 0 Å². The van der Waals surface area contributed by atoms with E-state index in [9.17, 15) is 4.79 Å². The third-order valence-electron chi connectivity index (χ3n) is 2.93. The van der Waals surface area contributed by atoms with Crippen LogP contribution in [0, 0.1) is 0 Å². The molecule has 0 aliphatic carbocycles. The van der Waals surface area contributed by atoms with Crippen LogP contribution < -0.4 is 10.6 Å². The van der Waals surface area contributed by atoms with E-state index in [0.717, 1.165) is 25.1 Å². The van der Waals surface area contributed by atoms with E-state index in [1.807, 2.05) is 31.3 Å². The van der Waals surface area contributed by atoms with Gasteiger partial charge in [0.2, 0.25) is 0 Å². The molecule has 2 rings (SSSR count). The van der Waals surface area contributed by atoms with Crippen molar-refractivity contribution in [3.63, 3.8) is 0 Å². The average Bonchev–Trinajstić information content (AvgIpc) is 2.89. The predicted molar refractivity (Wildman–Crippen MR) is 67.3 cm³/mol. The minimum atomic E-state index is -0.0439. The highest BCUT2D eigenvalue weighted by atomic mass is 16.5. The molecule has 4 heteroatoms. The first-order valence-electron chi connectivity index (χ1n) is 5.97. The first kappa shape index (κ1) is 11.9. The number of hydrogen-bond donors (Lipinski definition) is 2. The molecule has 0 saturated carbocycles.